The number of nitrogens with one attached hydrogen (secondary N) is 2. The van der Waals surface area contributed by atoms with Crippen molar-refractivity contribution in [2.24, 2.45) is 0 Å². The van der Waals surface area contributed by atoms with E-state index in [1.807, 2.05) is 86.6 Å². The highest BCUT2D eigenvalue weighted by Crippen LogP contribution is 2.23. The Morgan fingerprint density at radius 2 is 1.67 bits per heavy atom. The Balaban J connectivity index is 1.72. The molecule has 0 aliphatic carbocycles. The first-order valence-electron chi connectivity index (χ1n) is 8.99. The molecule has 0 aliphatic heterocycles. The van der Waals surface area contributed by atoms with Crippen molar-refractivity contribution in [2.75, 3.05) is 0 Å². The van der Waals surface area contributed by atoms with E-state index in [1.165, 1.54) is 5.56 Å². The lowest BCUT2D eigenvalue weighted by Gasteiger charge is -2.17. The Morgan fingerprint density at radius 1 is 0.926 bits per heavy atom. The molecule has 134 valence electrons. The quantitative estimate of drug-likeness (QED) is 0.557. The molecular formula is C23H21N3O. The van der Waals surface area contributed by atoms with Crippen LogP contribution in [0.4, 0.5) is 0 Å². The highest BCUT2D eigenvalue weighted by Gasteiger charge is 2.21. The third-order valence-corrected chi connectivity index (χ3v) is 4.86. The van der Waals surface area contributed by atoms with Crippen molar-refractivity contribution in [3.63, 3.8) is 0 Å². The molecule has 0 fully saturated rings. The van der Waals surface area contributed by atoms with E-state index < -0.39 is 0 Å². The van der Waals surface area contributed by atoms with Gasteiger partial charge in [-0.2, -0.15) is 0 Å². The molecule has 4 heteroatoms. The van der Waals surface area contributed by atoms with Gasteiger partial charge in [0.05, 0.1) is 11.0 Å². The third kappa shape index (κ3) is 3.47. The Hall–Kier alpha value is -3.40. The van der Waals surface area contributed by atoms with Crippen molar-refractivity contribution < 1.29 is 4.79 Å². The predicted molar refractivity (Wildman–Crippen MR) is 108 cm³/mol. The lowest BCUT2D eigenvalue weighted by atomic mass is 10.0. The van der Waals surface area contributed by atoms with E-state index in [9.17, 15) is 4.79 Å². The van der Waals surface area contributed by atoms with Crippen LogP contribution in [0.3, 0.4) is 0 Å². The number of benzene rings is 3. The van der Waals surface area contributed by atoms with E-state index in [0.717, 1.165) is 28.0 Å². The molecule has 1 heterocycles. The molecule has 4 rings (SSSR count). The molecule has 0 bridgehead atoms. The number of carbonyl (C=O) groups is 1. The Bertz CT molecular complexity index is 1070. The number of aromatic nitrogens is 2. The maximum Gasteiger partial charge on any atom is 0.252 e. The number of nitrogens with zero attached hydrogens (tertiary/aromatic N) is 1. The molecule has 1 aromatic heterocycles. The van der Waals surface area contributed by atoms with Crippen molar-refractivity contribution in [1.29, 1.82) is 0 Å². The number of aromatic amines is 1. The average Bonchev–Trinajstić information content (AvgIpc) is 3.12. The normalized spacial score (nSPS) is 12.1. The zero-order chi connectivity index (χ0) is 18.8. The minimum absolute atomic E-state index is 0.118. The highest BCUT2D eigenvalue weighted by molar-refractivity contribution is 5.95. The number of aryl methyl sites for hydroxylation is 2. The third-order valence-electron chi connectivity index (χ3n) is 4.86. The summed E-state index contributed by atoms with van der Waals surface area (Å²) in [6, 6.07) is 23.2. The van der Waals surface area contributed by atoms with Crippen LogP contribution < -0.4 is 5.32 Å². The maximum atomic E-state index is 12.9. The van der Waals surface area contributed by atoms with Crippen molar-refractivity contribution in [3.8, 4) is 0 Å². The molecule has 0 radical (unpaired) electrons. The summed E-state index contributed by atoms with van der Waals surface area (Å²) in [5.41, 5.74) is 5.73. The number of amides is 1. The van der Waals surface area contributed by atoms with Gasteiger partial charge in [-0.25, -0.2) is 4.98 Å². The molecule has 2 N–H and O–H groups in total. The largest absolute Gasteiger partial charge is 0.340 e. The number of hydrogen-bond acceptors (Lipinski definition) is 2. The Labute approximate surface area is 158 Å². The minimum atomic E-state index is -0.354. The Morgan fingerprint density at radius 3 is 2.41 bits per heavy atom. The molecule has 0 aliphatic rings. The second-order valence-electron chi connectivity index (χ2n) is 6.76. The van der Waals surface area contributed by atoms with Crippen LogP contribution in [-0.2, 0) is 0 Å². The van der Waals surface area contributed by atoms with Crippen LogP contribution in [0.1, 0.15) is 38.9 Å². The van der Waals surface area contributed by atoms with E-state index in [-0.39, 0.29) is 11.9 Å². The number of hydrogen-bond donors (Lipinski definition) is 2. The van der Waals surface area contributed by atoms with Gasteiger partial charge in [0.15, 0.2) is 0 Å². The highest BCUT2D eigenvalue weighted by atomic mass is 16.1. The van der Waals surface area contributed by atoms with Crippen LogP contribution in [0.5, 0.6) is 0 Å². The van der Waals surface area contributed by atoms with Crippen molar-refractivity contribution in [3.05, 3.63) is 101 Å². The fourth-order valence-electron chi connectivity index (χ4n) is 3.16. The van der Waals surface area contributed by atoms with Gasteiger partial charge >= 0.3 is 0 Å². The van der Waals surface area contributed by atoms with E-state index in [1.54, 1.807) is 0 Å². The fourth-order valence-corrected chi connectivity index (χ4v) is 3.16. The zero-order valence-electron chi connectivity index (χ0n) is 15.4. The van der Waals surface area contributed by atoms with E-state index >= 15 is 0 Å². The maximum absolute atomic E-state index is 12.9. The number of rotatable bonds is 4. The van der Waals surface area contributed by atoms with Gasteiger partial charge in [-0.3, -0.25) is 4.79 Å². The predicted octanol–water partition coefficient (Wildman–Crippen LogP) is 4.70. The first kappa shape index (κ1) is 17.0. The molecule has 4 nitrogen and oxygen atoms in total. The monoisotopic (exact) mass is 355 g/mol. The molecule has 0 spiro atoms. The summed E-state index contributed by atoms with van der Waals surface area (Å²) >= 11 is 0. The smallest absolute Gasteiger partial charge is 0.252 e. The van der Waals surface area contributed by atoms with E-state index in [0.29, 0.717) is 5.56 Å². The number of H-pyrrole nitrogens is 1. The van der Waals surface area contributed by atoms with Crippen molar-refractivity contribution in [2.45, 2.75) is 19.9 Å². The number of carbonyl (C=O) groups excluding carboxylic acids is 1. The summed E-state index contributed by atoms with van der Waals surface area (Å²) in [5.74, 6) is 0.604. The zero-order valence-corrected chi connectivity index (χ0v) is 15.4. The van der Waals surface area contributed by atoms with Gasteiger partial charge in [0.1, 0.15) is 11.9 Å². The van der Waals surface area contributed by atoms with Gasteiger partial charge in [-0.15, -0.1) is 0 Å². The van der Waals surface area contributed by atoms with Gasteiger partial charge in [-0.05, 0) is 54.8 Å². The van der Waals surface area contributed by atoms with Crippen LogP contribution in [0.25, 0.3) is 11.0 Å². The topological polar surface area (TPSA) is 57.8 Å². The van der Waals surface area contributed by atoms with Gasteiger partial charge in [0.2, 0.25) is 0 Å². The first-order chi connectivity index (χ1) is 13.1. The second-order valence-corrected chi connectivity index (χ2v) is 6.76. The van der Waals surface area contributed by atoms with Crippen molar-refractivity contribution >= 4 is 16.9 Å². The molecule has 1 amide bonds. The van der Waals surface area contributed by atoms with Gasteiger partial charge in [0.25, 0.3) is 5.91 Å². The summed E-state index contributed by atoms with van der Waals surface area (Å²) in [6.45, 7) is 4.05. The van der Waals surface area contributed by atoms with Crippen LogP contribution in [0.15, 0.2) is 72.8 Å². The minimum Gasteiger partial charge on any atom is -0.340 e. The molecular weight excluding hydrogens is 334 g/mol. The van der Waals surface area contributed by atoms with Crippen LogP contribution >= 0.6 is 0 Å². The van der Waals surface area contributed by atoms with Crippen molar-refractivity contribution in [1.82, 2.24) is 15.3 Å². The summed E-state index contributed by atoms with van der Waals surface area (Å²) < 4.78 is 0. The van der Waals surface area contributed by atoms with Crippen LogP contribution in [0.2, 0.25) is 0 Å². The van der Waals surface area contributed by atoms with Gasteiger partial charge in [-0.1, -0.05) is 48.5 Å². The summed E-state index contributed by atoms with van der Waals surface area (Å²) in [6.07, 6.45) is 0. The lowest BCUT2D eigenvalue weighted by Crippen LogP contribution is -2.30. The molecule has 27 heavy (non-hydrogen) atoms. The molecule has 0 saturated heterocycles. The number of imidazole rings is 1. The van der Waals surface area contributed by atoms with E-state index in [4.69, 9.17) is 4.98 Å². The second kappa shape index (κ2) is 7.08. The lowest BCUT2D eigenvalue weighted by molar-refractivity contribution is 0.0941. The first-order valence-corrected chi connectivity index (χ1v) is 8.99. The van der Waals surface area contributed by atoms with Crippen LogP contribution in [-0.4, -0.2) is 15.9 Å². The molecule has 1 unspecified atom stereocenters. The average molecular weight is 355 g/mol. The standard InChI is InChI=1S/C23H21N3O/c1-15-12-13-18(14-16(15)2)23(27)26-21(17-8-4-3-5-9-17)22-24-19-10-6-7-11-20(19)25-22/h3-14,21H,1-2H3,(H,24,25)(H,26,27). The molecule has 4 aromatic rings. The summed E-state index contributed by atoms with van der Waals surface area (Å²) in [5, 5.41) is 3.14. The van der Waals surface area contributed by atoms with Crippen LogP contribution in [0, 0.1) is 13.8 Å². The molecule has 0 saturated carbocycles. The van der Waals surface area contributed by atoms with Gasteiger partial charge < -0.3 is 10.3 Å². The van der Waals surface area contributed by atoms with Gasteiger partial charge in [0, 0.05) is 5.56 Å². The van der Waals surface area contributed by atoms with E-state index in [2.05, 4.69) is 10.3 Å². The Kier molecular flexibility index (Phi) is 4.47. The number of para-hydroxylation sites is 2. The summed E-state index contributed by atoms with van der Waals surface area (Å²) in [4.78, 5) is 21.0. The fraction of sp³-hybridized carbons (Fsp3) is 0.130. The SMILES string of the molecule is Cc1ccc(C(=O)NC(c2ccccc2)c2nc3ccccc3[nH]2)cc1C. The molecule has 3 aromatic carbocycles. The summed E-state index contributed by atoms with van der Waals surface area (Å²) in [7, 11) is 0. The molecule has 1 atom stereocenters. The number of fused-ring (bicyclic) bond motifs is 1.